The van der Waals surface area contributed by atoms with E-state index in [1.807, 2.05) is 11.9 Å². The molecule has 6 nitrogen and oxygen atoms in total. The first-order valence-electron chi connectivity index (χ1n) is 12.2. The molecular weight excluding hydrogens is 411 g/mol. The van der Waals surface area contributed by atoms with Crippen molar-refractivity contribution >= 4 is 5.97 Å². The summed E-state index contributed by atoms with van der Waals surface area (Å²) in [6.07, 6.45) is 11.2. The van der Waals surface area contributed by atoms with E-state index in [-0.39, 0.29) is 11.9 Å². The molecule has 0 saturated carbocycles. The number of H-pyrrole nitrogens is 1. The van der Waals surface area contributed by atoms with Gasteiger partial charge in [-0.15, -0.1) is 0 Å². The van der Waals surface area contributed by atoms with E-state index in [1.54, 1.807) is 0 Å². The highest BCUT2D eigenvalue weighted by atomic mass is 19.1. The minimum atomic E-state index is -0.968. The van der Waals surface area contributed by atoms with Crippen LogP contribution in [-0.4, -0.2) is 22.1 Å². The number of nitrogens with zero attached hydrogens (tertiary/aromatic N) is 1. The zero-order chi connectivity index (χ0) is 24.1. The third-order valence-electron chi connectivity index (χ3n) is 6.32. The molecule has 0 aromatic carbocycles. The van der Waals surface area contributed by atoms with E-state index in [0.717, 1.165) is 70.4 Å². The summed E-state index contributed by atoms with van der Waals surface area (Å²) in [6.45, 7) is 11.4. The molecule has 0 aliphatic heterocycles. The van der Waals surface area contributed by atoms with Gasteiger partial charge in [-0.1, -0.05) is 72.6 Å². The van der Waals surface area contributed by atoms with E-state index >= 15 is 0 Å². The van der Waals surface area contributed by atoms with Crippen molar-refractivity contribution in [1.29, 1.82) is 0 Å². The maximum absolute atomic E-state index is 13.2. The van der Waals surface area contributed by atoms with Crippen LogP contribution in [0.1, 0.15) is 98.8 Å². The van der Waals surface area contributed by atoms with Gasteiger partial charge in [-0.2, -0.15) is 4.39 Å². The fourth-order valence-electron chi connectivity index (χ4n) is 4.00. The Kier molecular flexibility index (Phi) is 12.5. The van der Waals surface area contributed by atoms with Crippen LogP contribution in [0.25, 0.3) is 0 Å². The topological polar surface area (TPSA) is 81.2 Å². The smallest absolute Gasteiger partial charge is 0.328 e. The lowest BCUT2D eigenvalue weighted by molar-refractivity contribution is -0.159. The summed E-state index contributed by atoms with van der Waals surface area (Å²) < 4.78 is 20.0. The van der Waals surface area contributed by atoms with Gasteiger partial charge in [0.2, 0.25) is 5.82 Å². The normalized spacial score (nSPS) is 13.5. The summed E-state index contributed by atoms with van der Waals surface area (Å²) in [4.78, 5) is 37.1. The van der Waals surface area contributed by atoms with E-state index in [4.69, 9.17) is 4.74 Å². The molecule has 0 bridgehead atoms. The Morgan fingerprint density at radius 2 is 1.53 bits per heavy atom. The summed E-state index contributed by atoms with van der Waals surface area (Å²) in [5.41, 5.74) is -1.94. The van der Waals surface area contributed by atoms with Crippen LogP contribution in [0.2, 0.25) is 0 Å². The molecule has 1 rings (SSSR count). The lowest BCUT2D eigenvalue weighted by Gasteiger charge is -2.32. The van der Waals surface area contributed by atoms with Crippen molar-refractivity contribution in [2.75, 3.05) is 6.61 Å². The molecule has 0 spiro atoms. The van der Waals surface area contributed by atoms with Crippen molar-refractivity contribution < 1.29 is 13.9 Å². The van der Waals surface area contributed by atoms with Crippen LogP contribution in [0.15, 0.2) is 15.8 Å². The van der Waals surface area contributed by atoms with Crippen LogP contribution < -0.4 is 11.2 Å². The van der Waals surface area contributed by atoms with Gasteiger partial charge in [-0.25, -0.2) is 4.79 Å². The molecular formula is C25H43FN2O4. The fraction of sp³-hybridized carbons (Fsp3) is 0.800. The number of aromatic nitrogens is 2. The van der Waals surface area contributed by atoms with E-state index in [0.29, 0.717) is 19.1 Å². The van der Waals surface area contributed by atoms with E-state index in [2.05, 4.69) is 27.7 Å². The molecule has 0 saturated heterocycles. The van der Waals surface area contributed by atoms with E-state index < -0.39 is 22.5 Å². The second kappa shape index (κ2) is 14.3. The zero-order valence-corrected chi connectivity index (χ0v) is 20.7. The zero-order valence-electron chi connectivity index (χ0n) is 20.7. The first kappa shape index (κ1) is 28.1. The number of hydrogen-bond acceptors (Lipinski definition) is 4. The van der Waals surface area contributed by atoms with Crippen LogP contribution in [0.5, 0.6) is 0 Å². The number of aromatic amines is 1. The van der Waals surface area contributed by atoms with Gasteiger partial charge in [0.25, 0.3) is 5.56 Å². The Hall–Kier alpha value is -1.92. The Labute approximate surface area is 192 Å². The predicted octanol–water partition coefficient (Wildman–Crippen LogP) is 5.44. The van der Waals surface area contributed by atoms with Gasteiger partial charge in [0.1, 0.15) is 0 Å². The van der Waals surface area contributed by atoms with Crippen molar-refractivity contribution in [3.8, 4) is 0 Å². The molecule has 1 N–H and O–H groups in total. The minimum absolute atomic E-state index is 0.0620. The van der Waals surface area contributed by atoms with Crippen molar-refractivity contribution in [2.45, 2.75) is 105 Å². The number of halogens is 1. The van der Waals surface area contributed by atoms with Gasteiger partial charge >= 0.3 is 11.7 Å². The van der Waals surface area contributed by atoms with Crippen LogP contribution in [-0.2, 0) is 16.1 Å². The Balaban J connectivity index is 2.06. The molecule has 0 amide bonds. The number of carbonyl (C=O) groups is 1. The summed E-state index contributed by atoms with van der Waals surface area (Å²) in [6, 6.07) is 0. The van der Waals surface area contributed by atoms with Gasteiger partial charge in [0, 0.05) is 6.54 Å². The van der Waals surface area contributed by atoms with Crippen molar-refractivity contribution in [1.82, 2.24) is 9.55 Å². The number of carbonyl (C=O) groups excluding carboxylic acids is 1. The molecule has 1 aromatic heterocycles. The average Bonchev–Trinajstić information content (AvgIpc) is 2.71. The highest BCUT2D eigenvalue weighted by Crippen LogP contribution is 2.35. The van der Waals surface area contributed by atoms with Gasteiger partial charge in [0.05, 0.1) is 18.2 Å². The monoisotopic (exact) mass is 454 g/mol. The molecule has 1 aromatic rings. The van der Waals surface area contributed by atoms with Crippen LogP contribution in [0.3, 0.4) is 0 Å². The molecule has 184 valence electrons. The minimum Gasteiger partial charge on any atom is -0.465 e. The number of aryl methyl sites for hydroxylation is 1. The quantitative estimate of drug-likeness (QED) is 0.266. The van der Waals surface area contributed by atoms with Gasteiger partial charge in [-0.3, -0.25) is 19.1 Å². The van der Waals surface area contributed by atoms with Gasteiger partial charge in [-0.05, 0) is 38.0 Å². The predicted molar refractivity (Wildman–Crippen MR) is 126 cm³/mol. The van der Waals surface area contributed by atoms with Crippen LogP contribution in [0, 0.1) is 23.1 Å². The number of rotatable bonds is 16. The summed E-state index contributed by atoms with van der Waals surface area (Å²) in [7, 11) is 0. The second-order valence-electron chi connectivity index (χ2n) is 9.92. The number of ether oxygens (including phenoxy) is 1. The molecule has 1 atom stereocenters. The summed E-state index contributed by atoms with van der Waals surface area (Å²) >= 11 is 0. The number of hydrogen-bond donors (Lipinski definition) is 1. The second-order valence-corrected chi connectivity index (χ2v) is 9.92. The van der Waals surface area contributed by atoms with E-state index in [9.17, 15) is 18.8 Å². The number of esters is 1. The Bertz CT molecular complexity index is 800. The maximum Gasteiger partial charge on any atom is 0.328 e. The molecule has 0 radical (unpaired) electrons. The molecule has 32 heavy (non-hydrogen) atoms. The lowest BCUT2D eigenvalue weighted by Crippen LogP contribution is -2.36. The van der Waals surface area contributed by atoms with Gasteiger partial charge < -0.3 is 4.74 Å². The number of nitrogens with one attached hydrogen (secondary N) is 1. The third-order valence-corrected chi connectivity index (χ3v) is 6.32. The van der Waals surface area contributed by atoms with Crippen LogP contribution >= 0.6 is 0 Å². The van der Waals surface area contributed by atoms with Crippen molar-refractivity contribution in [3.63, 3.8) is 0 Å². The first-order chi connectivity index (χ1) is 15.1. The molecule has 1 heterocycles. The van der Waals surface area contributed by atoms with E-state index in [1.165, 1.54) is 4.57 Å². The first-order valence-corrected chi connectivity index (χ1v) is 12.2. The molecule has 0 aliphatic rings. The molecule has 7 heteroatoms. The standard InChI is InChI=1S/C25H43FN2O4/c1-19(2)17-25(5,20(3)4)23(30)32-16-14-12-10-8-6-7-9-11-13-15-28-18-21(26)22(29)27-24(28)31/h18-20H,6-17H2,1-5H3,(H,27,29,31). The van der Waals surface area contributed by atoms with Crippen LogP contribution in [0.4, 0.5) is 4.39 Å². The van der Waals surface area contributed by atoms with Crippen molar-refractivity contribution in [2.24, 2.45) is 17.3 Å². The Morgan fingerprint density at radius 1 is 1.00 bits per heavy atom. The summed E-state index contributed by atoms with van der Waals surface area (Å²) in [5, 5.41) is 0. The molecule has 1 unspecified atom stereocenters. The molecule has 0 fully saturated rings. The average molecular weight is 455 g/mol. The number of unbranched alkanes of at least 4 members (excludes halogenated alkanes) is 8. The largest absolute Gasteiger partial charge is 0.465 e. The maximum atomic E-state index is 13.2. The Morgan fingerprint density at radius 3 is 2.06 bits per heavy atom. The molecule has 0 aliphatic carbocycles. The third kappa shape index (κ3) is 9.70. The fourth-order valence-corrected chi connectivity index (χ4v) is 4.00. The SMILES string of the molecule is CC(C)CC(C)(C(=O)OCCCCCCCCCCCn1cc(F)c(=O)[nH]c1=O)C(C)C. The highest BCUT2D eigenvalue weighted by Gasteiger charge is 2.38. The highest BCUT2D eigenvalue weighted by molar-refractivity contribution is 5.76. The van der Waals surface area contributed by atoms with Gasteiger partial charge in [0.15, 0.2) is 0 Å². The summed E-state index contributed by atoms with van der Waals surface area (Å²) in [5.74, 6) is -0.266. The lowest BCUT2D eigenvalue weighted by atomic mass is 9.73. The van der Waals surface area contributed by atoms with Crippen molar-refractivity contribution in [3.05, 3.63) is 32.9 Å².